The Balaban J connectivity index is 2.35. The van der Waals surface area contributed by atoms with Crippen LogP contribution in [0.3, 0.4) is 0 Å². The van der Waals surface area contributed by atoms with Gasteiger partial charge in [0.05, 0.1) is 12.6 Å². The fraction of sp³-hybridized carbons (Fsp3) is 0.900. The quantitative estimate of drug-likeness (QED) is 0.708. The summed E-state index contributed by atoms with van der Waals surface area (Å²) >= 11 is 0. The normalized spacial score (nSPS) is 23.2. The monoisotopic (exact) mass is 200 g/mol. The van der Waals surface area contributed by atoms with E-state index >= 15 is 0 Å². The van der Waals surface area contributed by atoms with Crippen molar-refractivity contribution in [1.82, 2.24) is 10.2 Å². The number of aliphatic hydroxyl groups excluding tert-OH is 1. The number of rotatable bonds is 3. The number of urea groups is 1. The smallest absolute Gasteiger partial charge is 0.317 e. The molecule has 2 N–H and O–H groups in total. The molecule has 1 aliphatic rings. The fourth-order valence-corrected chi connectivity index (χ4v) is 1.34. The van der Waals surface area contributed by atoms with Gasteiger partial charge in [0, 0.05) is 12.6 Å². The predicted molar refractivity (Wildman–Crippen MR) is 55.0 cm³/mol. The Hall–Kier alpha value is -0.770. The number of amides is 2. The van der Waals surface area contributed by atoms with Gasteiger partial charge in [-0.2, -0.15) is 0 Å². The van der Waals surface area contributed by atoms with Gasteiger partial charge in [0.15, 0.2) is 0 Å². The zero-order valence-corrected chi connectivity index (χ0v) is 9.16. The molecule has 0 aromatic carbocycles. The number of carbonyl (C=O) groups is 1. The van der Waals surface area contributed by atoms with Crippen LogP contribution in [0.1, 0.15) is 27.2 Å². The van der Waals surface area contributed by atoms with E-state index in [-0.39, 0.29) is 24.7 Å². The van der Waals surface area contributed by atoms with Crippen molar-refractivity contribution in [2.45, 2.75) is 39.3 Å². The van der Waals surface area contributed by atoms with Crippen LogP contribution in [0, 0.1) is 5.92 Å². The molecule has 1 fully saturated rings. The molecular formula is C10H20N2O2. The lowest BCUT2D eigenvalue weighted by Crippen LogP contribution is -2.58. The summed E-state index contributed by atoms with van der Waals surface area (Å²) < 4.78 is 0. The number of nitrogens with one attached hydrogen (secondary N) is 1. The van der Waals surface area contributed by atoms with Crippen molar-refractivity contribution in [3.05, 3.63) is 0 Å². The predicted octanol–water partition coefficient (Wildman–Crippen LogP) is 0.807. The van der Waals surface area contributed by atoms with Gasteiger partial charge in [0.2, 0.25) is 0 Å². The molecule has 2 amide bonds. The molecule has 1 rings (SSSR count). The largest absolute Gasteiger partial charge is 0.394 e. The summed E-state index contributed by atoms with van der Waals surface area (Å²) in [7, 11) is 0. The lowest BCUT2D eigenvalue weighted by atomic mass is 10.0. The van der Waals surface area contributed by atoms with Gasteiger partial charge in [-0.1, -0.05) is 13.8 Å². The minimum Gasteiger partial charge on any atom is -0.394 e. The molecule has 1 aliphatic heterocycles. The Morgan fingerprint density at radius 2 is 2.21 bits per heavy atom. The first-order valence-corrected chi connectivity index (χ1v) is 5.24. The average Bonchev–Trinajstić information content (AvgIpc) is 2.02. The zero-order chi connectivity index (χ0) is 10.7. The molecule has 0 aromatic heterocycles. The van der Waals surface area contributed by atoms with Crippen LogP contribution in [-0.2, 0) is 0 Å². The Labute approximate surface area is 85.3 Å². The second kappa shape index (κ2) is 4.64. The van der Waals surface area contributed by atoms with Crippen LogP contribution in [0.4, 0.5) is 4.79 Å². The minimum absolute atomic E-state index is 0.0364. The van der Waals surface area contributed by atoms with Crippen molar-refractivity contribution in [3.8, 4) is 0 Å². The molecule has 0 bridgehead atoms. The van der Waals surface area contributed by atoms with Gasteiger partial charge in [-0.3, -0.25) is 0 Å². The number of hydrogen-bond acceptors (Lipinski definition) is 2. The van der Waals surface area contributed by atoms with Crippen LogP contribution in [-0.4, -0.2) is 41.3 Å². The third kappa shape index (κ3) is 2.38. The molecule has 1 heterocycles. The van der Waals surface area contributed by atoms with E-state index in [1.54, 1.807) is 4.90 Å². The minimum atomic E-state index is -0.0449. The summed E-state index contributed by atoms with van der Waals surface area (Å²) in [6.45, 7) is 6.98. The van der Waals surface area contributed by atoms with Gasteiger partial charge in [0.1, 0.15) is 0 Å². The van der Waals surface area contributed by atoms with Gasteiger partial charge in [0.25, 0.3) is 0 Å². The molecular weight excluding hydrogens is 180 g/mol. The Bertz CT molecular complexity index is 204. The number of aliphatic hydroxyl groups is 1. The van der Waals surface area contributed by atoms with Gasteiger partial charge in [-0.15, -0.1) is 0 Å². The third-order valence-corrected chi connectivity index (χ3v) is 2.97. The molecule has 0 spiro atoms. The van der Waals surface area contributed by atoms with Crippen molar-refractivity contribution in [2.24, 2.45) is 5.92 Å². The number of carbonyl (C=O) groups excluding carboxylic acids is 1. The number of hydrogen-bond donors (Lipinski definition) is 2. The zero-order valence-electron chi connectivity index (χ0n) is 9.16. The van der Waals surface area contributed by atoms with E-state index in [1.165, 1.54) is 0 Å². The van der Waals surface area contributed by atoms with Crippen LogP contribution in [0.25, 0.3) is 0 Å². The van der Waals surface area contributed by atoms with Crippen molar-refractivity contribution < 1.29 is 9.90 Å². The maximum absolute atomic E-state index is 11.6. The van der Waals surface area contributed by atoms with Crippen LogP contribution in [0.15, 0.2) is 0 Å². The van der Waals surface area contributed by atoms with Crippen molar-refractivity contribution in [3.63, 3.8) is 0 Å². The van der Waals surface area contributed by atoms with Gasteiger partial charge >= 0.3 is 6.03 Å². The van der Waals surface area contributed by atoms with Crippen LogP contribution < -0.4 is 5.32 Å². The first-order valence-electron chi connectivity index (χ1n) is 5.24. The molecule has 4 nitrogen and oxygen atoms in total. The van der Waals surface area contributed by atoms with Gasteiger partial charge < -0.3 is 15.3 Å². The second-order valence-corrected chi connectivity index (χ2v) is 4.30. The maximum Gasteiger partial charge on any atom is 0.317 e. The van der Waals surface area contributed by atoms with E-state index in [0.717, 1.165) is 13.0 Å². The molecule has 4 heteroatoms. The third-order valence-electron chi connectivity index (χ3n) is 2.97. The molecule has 0 aliphatic carbocycles. The van der Waals surface area contributed by atoms with Crippen molar-refractivity contribution in [1.29, 1.82) is 0 Å². The number of nitrogens with zero attached hydrogens (tertiary/aromatic N) is 1. The molecule has 82 valence electrons. The lowest BCUT2D eigenvalue weighted by Gasteiger charge is -2.40. The molecule has 2 atom stereocenters. The van der Waals surface area contributed by atoms with Gasteiger partial charge in [-0.25, -0.2) is 4.79 Å². The van der Waals surface area contributed by atoms with Crippen LogP contribution in [0.2, 0.25) is 0 Å². The molecule has 0 saturated carbocycles. The summed E-state index contributed by atoms with van der Waals surface area (Å²) in [6, 6.07) is 0.174. The first-order chi connectivity index (χ1) is 6.56. The first kappa shape index (κ1) is 11.3. The van der Waals surface area contributed by atoms with E-state index in [9.17, 15) is 4.79 Å². The lowest BCUT2D eigenvalue weighted by molar-refractivity contribution is 0.0682. The summed E-state index contributed by atoms with van der Waals surface area (Å²) in [5.41, 5.74) is 0. The van der Waals surface area contributed by atoms with Crippen molar-refractivity contribution in [2.75, 3.05) is 13.2 Å². The Morgan fingerprint density at radius 3 is 2.57 bits per heavy atom. The van der Waals surface area contributed by atoms with E-state index < -0.39 is 0 Å². The summed E-state index contributed by atoms with van der Waals surface area (Å²) in [6.07, 6.45) is 0.917. The molecule has 0 aromatic rings. The molecule has 0 radical (unpaired) electrons. The summed E-state index contributed by atoms with van der Waals surface area (Å²) in [5.74, 6) is 0.438. The van der Waals surface area contributed by atoms with E-state index in [0.29, 0.717) is 5.92 Å². The fourth-order valence-electron chi connectivity index (χ4n) is 1.34. The number of likely N-dealkylation sites (tertiary alicyclic amines) is 1. The summed E-state index contributed by atoms with van der Waals surface area (Å²) in [4.78, 5) is 13.3. The average molecular weight is 200 g/mol. The molecule has 14 heavy (non-hydrogen) atoms. The second-order valence-electron chi connectivity index (χ2n) is 4.30. The Morgan fingerprint density at radius 1 is 1.57 bits per heavy atom. The highest BCUT2D eigenvalue weighted by Crippen LogP contribution is 2.16. The van der Waals surface area contributed by atoms with Gasteiger partial charge in [-0.05, 0) is 19.3 Å². The van der Waals surface area contributed by atoms with E-state index in [2.05, 4.69) is 19.2 Å². The highest BCUT2D eigenvalue weighted by atomic mass is 16.3. The maximum atomic E-state index is 11.6. The standard InChI is InChI=1S/C10H20N2O2/c1-7(2)8(3)11-10(14)12-5-4-9(12)6-13/h7-9,13H,4-6H2,1-3H3,(H,11,14). The summed E-state index contributed by atoms with van der Waals surface area (Å²) in [5, 5.41) is 11.8. The topological polar surface area (TPSA) is 52.6 Å². The van der Waals surface area contributed by atoms with E-state index in [4.69, 9.17) is 5.11 Å². The Kier molecular flexibility index (Phi) is 3.75. The molecule has 2 unspecified atom stereocenters. The molecule has 1 saturated heterocycles. The van der Waals surface area contributed by atoms with Crippen LogP contribution >= 0.6 is 0 Å². The van der Waals surface area contributed by atoms with Crippen LogP contribution in [0.5, 0.6) is 0 Å². The van der Waals surface area contributed by atoms with Crippen molar-refractivity contribution >= 4 is 6.03 Å². The SMILES string of the molecule is CC(C)C(C)NC(=O)N1CCC1CO. The van der Waals surface area contributed by atoms with E-state index in [1.807, 2.05) is 6.92 Å². The highest BCUT2D eigenvalue weighted by molar-refractivity contribution is 5.75. The highest BCUT2D eigenvalue weighted by Gasteiger charge is 2.31.